The average molecular weight is 240 g/mol. The van der Waals surface area contributed by atoms with E-state index in [1.807, 2.05) is 7.05 Å². The van der Waals surface area contributed by atoms with Crippen LogP contribution in [0, 0.1) is 13.8 Å². The van der Waals surface area contributed by atoms with E-state index < -0.39 is 0 Å². The maximum atomic E-state index is 3.17. The van der Waals surface area contributed by atoms with Crippen LogP contribution in [0.4, 0.5) is 17.1 Å². The largest absolute Gasteiger partial charge is 0.388 e. The first-order chi connectivity index (χ1) is 8.61. The summed E-state index contributed by atoms with van der Waals surface area (Å²) in [5.74, 6) is 0. The van der Waals surface area contributed by atoms with E-state index in [0.29, 0.717) is 0 Å². The van der Waals surface area contributed by atoms with Gasteiger partial charge in [0.1, 0.15) is 0 Å². The summed E-state index contributed by atoms with van der Waals surface area (Å²) in [6, 6.07) is 15.0. The molecule has 0 bridgehead atoms. The first kappa shape index (κ1) is 12.5. The minimum absolute atomic E-state index is 1.13. The third kappa shape index (κ3) is 2.48. The summed E-state index contributed by atoms with van der Waals surface area (Å²) in [6.07, 6.45) is 0. The van der Waals surface area contributed by atoms with Crippen molar-refractivity contribution < 1.29 is 0 Å². The van der Waals surface area contributed by atoms with E-state index in [1.165, 1.54) is 22.5 Å². The lowest BCUT2D eigenvalue weighted by Gasteiger charge is -2.21. The molecule has 1 N–H and O–H groups in total. The second-order valence-electron chi connectivity index (χ2n) is 4.63. The summed E-state index contributed by atoms with van der Waals surface area (Å²) in [4.78, 5) is 2.20. The van der Waals surface area contributed by atoms with Gasteiger partial charge >= 0.3 is 0 Å². The summed E-state index contributed by atoms with van der Waals surface area (Å²) >= 11 is 0. The van der Waals surface area contributed by atoms with Gasteiger partial charge in [-0.2, -0.15) is 0 Å². The molecule has 2 rings (SSSR count). The van der Waals surface area contributed by atoms with Crippen LogP contribution in [0.15, 0.2) is 42.5 Å². The van der Waals surface area contributed by atoms with Gasteiger partial charge in [-0.25, -0.2) is 0 Å². The Labute approximate surface area is 109 Å². The fraction of sp³-hybridized carbons (Fsp3) is 0.250. The smallest absolute Gasteiger partial charge is 0.0428 e. The Kier molecular flexibility index (Phi) is 3.56. The van der Waals surface area contributed by atoms with Gasteiger partial charge in [0.05, 0.1) is 0 Å². The van der Waals surface area contributed by atoms with E-state index >= 15 is 0 Å². The fourth-order valence-electron chi connectivity index (χ4n) is 1.95. The van der Waals surface area contributed by atoms with Crippen LogP contribution in [0.1, 0.15) is 11.1 Å². The van der Waals surface area contributed by atoms with E-state index in [9.17, 15) is 0 Å². The van der Waals surface area contributed by atoms with Crippen molar-refractivity contribution in [2.45, 2.75) is 13.8 Å². The number of nitrogens with zero attached hydrogens (tertiary/aromatic N) is 1. The lowest BCUT2D eigenvalue weighted by molar-refractivity contribution is 1.19. The summed E-state index contributed by atoms with van der Waals surface area (Å²) in [7, 11) is 4.04. The third-order valence-electron chi connectivity index (χ3n) is 3.40. The molecule has 2 aromatic rings. The highest BCUT2D eigenvalue weighted by molar-refractivity contribution is 5.67. The van der Waals surface area contributed by atoms with E-state index in [2.05, 4.69) is 73.6 Å². The highest BCUT2D eigenvalue weighted by Gasteiger charge is 2.05. The molecule has 0 heterocycles. The van der Waals surface area contributed by atoms with Crippen molar-refractivity contribution in [3.63, 3.8) is 0 Å². The van der Waals surface area contributed by atoms with Crippen molar-refractivity contribution in [2.24, 2.45) is 0 Å². The Morgan fingerprint density at radius 3 is 2.28 bits per heavy atom. The number of rotatable bonds is 3. The van der Waals surface area contributed by atoms with Crippen LogP contribution in [0.3, 0.4) is 0 Å². The Morgan fingerprint density at radius 1 is 0.889 bits per heavy atom. The molecule has 0 fully saturated rings. The second kappa shape index (κ2) is 5.13. The molecule has 2 aromatic carbocycles. The SMILES string of the molecule is CNc1cccc(N(C)c2ccc(C)c(C)c2)c1. The maximum absolute atomic E-state index is 3.17. The van der Waals surface area contributed by atoms with Crippen LogP contribution in [-0.4, -0.2) is 14.1 Å². The molecule has 0 aromatic heterocycles. The summed E-state index contributed by atoms with van der Waals surface area (Å²) in [5, 5.41) is 3.17. The Balaban J connectivity index is 2.34. The monoisotopic (exact) mass is 240 g/mol. The molecule has 0 saturated heterocycles. The molecule has 0 unspecified atom stereocenters. The standard InChI is InChI=1S/C16H20N2/c1-12-8-9-16(10-13(12)2)18(4)15-7-5-6-14(11-15)17-3/h5-11,17H,1-4H3. The summed E-state index contributed by atoms with van der Waals surface area (Å²) < 4.78 is 0. The molecule has 0 aliphatic carbocycles. The van der Waals surface area contributed by atoms with Crippen molar-refractivity contribution >= 4 is 17.1 Å². The molecule has 94 valence electrons. The number of benzene rings is 2. The summed E-state index contributed by atoms with van der Waals surface area (Å²) in [6.45, 7) is 4.29. The van der Waals surface area contributed by atoms with E-state index in [4.69, 9.17) is 0 Å². The van der Waals surface area contributed by atoms with Crippen LogP contribution in [0.5, 0.6) is 0 Å². The number of hydrogen-bond donors (Lipinski definition) is 1. The molecule has 2 nitrogen and oxygen atoms in total. The Morgan fingerprint density at radius 2 is 1.61 bits per heavy atom. The van der Waals surface area contributed by atoms with Gasteiger partial charge in [0.2, 0.25) is 0 Å². The minimum Gasteiger partial charge on any atom is -0.388 e. The van der Waals surface area contributed by atoms with Gasteiger partial charge in [0.25, 0.3) is 0 Å². The first-order valence-corrected chi connectivity index (χ1v) is 6.20. The van der Waals surface area contributed by atoms with Crippen molar-refractivity contribution in [3.05, 3.63) is 53.6 Å². The van der Waals surface area contributed by atoms with Crippen molar-refractivity contribution in [1.82, 2.24) is 0 Å². The number of aryl methyl sites for hydroxylation is 2. The van der Waals surface area contributed by atoms with Crippen LogP contribution in [0.25, 0.3) is 0 Å². The molecule has 0 radical (unpaired) electrons. The zero-order valence-electron chi connectivity index (χ0n) is 11.5. The van der Waals surface area contributed by atoms with Gasteiger partial charge in [-0.1, -0.05) is 12.1 Å². The molecule has 2 heteroatoms. The van der Waals surface area contributed by atoms with E-state index in [-0.39, 0.29) is 0 Å². The van der Waals surface area contributed by atoms with E-state index in [1.54, 1.807) is 0 Å². The van der Waals surface area contributed by atoms with Gasteiger partial charge in [-0.05, 0) is 55.3 Å². The quantitative estimate of drug-likeness (QED) is 0.868. The Hall–Kier alpha value is -1.96. The van der Waals surface area contributed by atoms with Crippen LogP contribution >= 0.6 is 0 Å². The fourth-order valence-corrected chi connectivity index (χ4v) is 1.95. The Bertz CT molecular complexity index is 547. The third-order valence-corrected chi connectivity index (χ3v) is 3.40. The topological polar surface area (TPSA) is 15.3 Å². The van der Waals surface area contributed by atoms with Crippen molar-refractivity contribution in [1.29, 1.82) is 0 Å². The molecule has 0 saturated carbocycles. The molecule has 0 atom stereocenters. The van der Waals surface area contributed by atoms with Crippen LogP contribution in [0.2, 0.25) is 0 Å². The molecule has 0 amide bonds. The molecular formula is C16H20N2. The van der Waals surface area contributed by atoms with Crippen LogP contribution in [-0.2, 0) is 0 Å². The zero-order valence-corrected chi connectivity index (χ0v) is 11.5. The van der Waals surface area contributed by atoms with Crippen molar-refractivity contribution in [2.75, 3.05) is 24.3 Å². The zero-order chi connectivity index (χ0) is 13.1. The van der Waals surface area contributed by atoms with Gasteiger partial charge in [0, 0.05) is 31.2 Å². The van der Waals surface area contributed by atoms with Gasteiger partial charge < -0.3 is 10.2 Å². The predicted octanol–water partition coefficient (Wildman–Crippen LogP) is 4.11. The number of nitrogens with one attached hydrogen (secondary N) is 1. The van der Waals surface area contributed by atoms with E-state index in [0.717, 1.165) is 5.69 Å². The number of anilines is 3. The molecule has 0 spiro atoms. The van der Waals surface area contributed by atoms with Gasteiger partial charge in [-0.15, -0.1) is 0 Å². The van der Waals surface area contributed by atoms with Gasteiger partial charge in [0.15, 0.2) is 0 Å². The highest BCUT2D eigenvalue weighted by atomic mass is 15.1. The molecule has 0 aliphatic rings. The van der Waals surface area contributed by atoms with Gasteiger partial charge in [-0.3, -0.25) is 0 Å². The number of hydrogen-bond acceptors (Lipinski definition) is 2. The predicted molar refractivity (Wildman–Crippen MR) is 80.0 cm³/mol. The molecule has 18 heavy (non-hydrogen) atoms. The second-order valence-corrected chi connectivity index (χ2v) is 4.63. The lowest BCUT2D eigenvalue weighted by Crippen LogP contribution is -2.09. The van der Waals surface area contributed by atoms with Crippen LogP contribution < -0.4 is 10.2 Å². The summed E-state index contributed by atoms with van der Waals surface area (Å²) in [5.41, 5.74) is 6.18. The first-order valence-electron chi connectivity index (χ1n) is 6.20. The average Bonchev–Trinajstić information content (AvgIpc) is 2.41. The normalized spacial score (nSPS) is 10.2. The minimum atomic E-state index is 1.13. The molecular weight excluding hydrogens is 220 g/mol. The van der Waals surface area contributed by atoms with Crippen molar-refractivity contribution in [3.8, 4) is 0 Å². The maximum Gasteiger partial charge on any atom is 0.0428 e. The highest BCUT2D eigenvalue weighted by Crippen LogP contribution is 2.27. The lowest BCUT2D eigenvalue weighted by atomic mass is 10.1. The molecule has 0 aliphatic heterocycles.